The van der Waals surface area contributed by atoms with Gasteiger partial charge >= 0.3 is 0 Å². The molecule has 1 aliphatic rings. The Kier molecular flexibility index (Phi) is 5.91. The molecule has 1 aliphatic heterocycles. The summed E-state index contributed by atoms with van der Waals surface area (Å²) >= 11 is 0. The van der Waals surface area contributed by atoms with Crippen LogP contribution in [0, 0.1) is 5.92 Å². The molecule has 2 aromatic carbocycles. The van der Waals surface area contributed by atoms with E-state index in [0.717, 1.165) is 35.9 Å². The van der Waals surface area contributed by atoms with Crippen molar-refractivity contribution in [2.45, 2.75) is 32.3 Å². The number of likely N-dealkylation sites (tertiary alicyclic amines) is 1. The zero-order chi connectivity index (χ0) is 20.2. The molecule has 0 bridgehead atoms. The molecule has 0 spiro atoms. The molecule has 1 aromatic heterocycles. The normalized spacial score (nSPS) is 19.4. The lowest BCUT2D eigenvalue weighted by atomic mass is 9.87. The van der Waals surface area contributed by atoms with E-state index in [9.17, 15) is 4.79 Å². The first kappa shape index (κ1) is 19.6. The summed E-state index contributed by atoms with van der Waals surface area (Å²) in [6.45, 7) is 3.45. The lowest BCUT2D eigenvalue weighted by Gasteiger charge is -2.38. The molecule has 4 rings (SSSR count). The molecule has 29 heavy (non-hydrogen) atoms. The minimum Gasteiger partial charge on any atom is -0.379 e. The lowest BCUT2D eigenvalue weighted by molar-refractivity contribution is -0.136. The maximum Gasteiger partial charge on any atom is 0.222 e. The third-order valence-corrected chi connectivity index (χ3v) is 6.03. The highest BCUT2D eigenvalue weighted by Gasteiger charge is 2.30. The lowest BCUT2D eigenvalue weighted by Crippen LogP contribution is -2.47. The van der Waals surface area contributed by atoms with Gasteiger partial charge in [-0.15, -0.1) is 0 Å². The van der Waals surface area contributed by atoms with Crippen LogP contribution in [-0.2, 0) is 16.0 Å². The van der Waals surface area contributed by atoms with Crippen molar-refractivity contribution in [2.24, 2.45) is 5.92 Å². The topological polar surface area (TPSA) is 42.4 Å². The first-order chi connectivity index (χ1) is 14.2. The Labute approximate surface area is 172 Å². The molecule has 2 heterocycles. The van der Waals surface area contributed by atoms with Gasteiger partial charge in [-0.2, -0.15) is 0 Å². The molecule has 1 saturated heterocycles. The summed E-state index contributed by atoms with van der Waals surface area (Å²) in [4.78, 5) is 18.5. The number of pyridine rings is 1. The van der Waals surface area contributed by atoms with E-state index >= 15 is 0 Å². The fourth-order valence-electron chi connectivity index (χ4n) is 4.28. The minimum absolute atomic E-state index is 0.101. The van der Waals surface area contributed by atoms with Gasteiger partial charge in [-0.3, -0.25) is 9.78 Å². The number of amides is 1. The van der Waals surface area contributed by atoms with E-state index in [2.05, 4.69) is 41.4 Å². The number of benzene rings is 2. The average Bonchev–Trinajstić information content (AvgIpc) is 2.79. The van der Waals surface area contributed by atoms with Crippen LogP contribution in [0.3, 0.4) is 0 Å². The summed E-state index contributed by atoms with van der Waals surface area (Å²) in [5.74, 6) is 0.660. The number of fused-ring (bicyclic) bond motifs is 1. The highest BCUT2D eigenvalue weighted by Crippen LogP contribution is 2.27. The Hall–Kier alpha value is -2.72. The molecule has 150 valence electrons. The second-order valence-corrected chi connectivity index (χ2v) is 7.83. The van der Waals surface area contributed by atoms with Crippen LogP contribution in [0.4, 0.5) is 0 Å². The maximum absolute atomic E-state index is 12.0. The van der Waals surface area contributed by atoms with Gasteiger partial charge in [-0.25, -0.2) is 0 Å². The molecule has 0 N–H and O–H groups in total. The number of hydrogen-bond acceptors (Lipinski definition) is 3. The first-order valence-corrected chi connectivity index (χ1v) is 10.4. The molecule has 2 atom stereocenters. The average molecular weight is 389 g/mol. The third kappa shape index (κ3) is 4.33. The largest absolute Gasteiger partial charge is 0.379 e. The second-order valence-electron chi connectivity index (χ2n) is 7.83. The number of methoxy groups -OCH3 is 1. The van der Waals surface area contributed by atoms with Crippen molar-refractivity contribution in [3.8, 4) is 11.1 Å². The predicted octanol–water partition coefficient (Wildman–Crippen LogP) is 4.72. The highest BCUT2D eigenvalue weighted by molar-refractivity contribution is 5.83. The van der Waals surface area contributed by atoms with Crippen molar-refractivity contribution in [1.82, 2.24) is 9.88 Å². The Morgan fingerprint density at radius 2 is 1.93 bits per heavy atom. The number of carbonyl (C=O) groups excluding carboxylic acids is 1. The zero-order valence-electron chi connectivity index (χ0n) is 17.2. The van der Waals surface area contributed by atoms with E-state index < -0.39 is 0 Å². The molecule has 1 amide bonds. The molecule has 1 fully saturated rings. The molecule has 0 radical (unpaired) electrons. The quantitative estimate of drug-likeness (QED) is 0.635. The van der Waals surface area contributed by atoms with Gasteiger partial charge in [0.1, 0.15) is 0 Å². The van der Waals surface area contributed by atoms with E-state index in [1.165, 1.54) is 11.1 Å². The van der Waals surface area contributed by atoms with Crippen molar-refractivity contribution in [3.05, 3.63) is 66.4 Å². The fourth-order valence-corrected chi connectivity index (χ4v) is 4.28. The number of carbonyl (C=O) groups is 1. The first-order valence-electron chi connectivity index (χ1n) is 10.4. The van der Waals surface area contributed by atoms with Crippen LogP contribution in [-0.4, -0.2) is 42.1 Å². The van der Waals surface area contributed by atoms with Crippen molar-refractivity contribution >= 4 is 16.8 Å². The van der Waals surface area contributed by atoms with Crippen LogP contribution in [0.15, 0.2) is 60.8 Å². The van der Waals surface area contributed by atoms with Crippen LogP contribution < -0.4 is 0 Å². The van der Waals surface area contributed by atoms with Crippen LogP contribution in [0.1, 0.15) is 25.3 Å². The molecule has 0 aliphatic carbocycles. The number of ether oxygens (including phenoxy) is 1. The van der Waals surface area contributed by atoms with Crippen molar-refractivity contribution in [2.75, 3.05) is 20.2 Å². The van der Waals surface area contributed by atoms with Gasteiger partial charge in [0, 0.05) is 43.8 Å². The Bertz CT molecular complexity index is 984. The summed E-state index contributed by atoms with van der Waals surface area (Å²) in [6.07, 6.45) is 4.57. The molecule has 2 unspecified atom stereocenters. The summed E-state index contributed by atoms with van der Waals surface area (Å²) < 4.78 is 5.73. The summed E-state index contributed by atoms with van der Waals surface area (Å²) in [7, 11) is 1.76. The van der Waals surface area contributed by atoms with Crippen LogP contribution >= 0.6 is 0 Å². The van der Waals surface area contributed by atoms with E-state index in [1.54, 1.807) is 7.11 Å². The van der Waals surface area contributed by atoms with Gasteiger partial charge in [-0.05, 0) is 42.0 Å². The van der Waals surface area contributed by atoms with Gasteiger partial charge in [0.05, 0.1) is 11.6 Å². The van der Waals surface area contributed by atoms with Gasteiger partial charge in [0.2, 0.25) is 5.91 Å². The van der Waals surface area contributed by atoms with Crippen molar-refractivity contribution < 1.29 is 9.53 Å². The smallest absolute Gasteiger partial charge is 0.222 e. The molecular weight excluding hydrogens is 360 g/mol. The zero-order valence-corrected chi connectivity index (χ0v) is 17.2. The standard InChI is InChI=1S/C25H28N2O2/c1-3-25(28)27-13-12-21(24(17-27)29-2)14-18-8-10-19(11-9-18)22-15-20-6-4-5-7-23(20)26-16-22/h4-11,15-16,21,24H,3,12-14,17H2,1-2H3. The van der Waals surface area contributed by atoms with Crippen LogP contribution in [0.25, 0.3) is 22.0 Å². The predicted molar refractivity (Wildman–Crippen MR) is 117 cm³/mol. The second kappa shape index (κ2) is 8.75. The molecule has 4 heteroatoms. The van der Waals surface area contributed by atoms with Crippen molar-refractivity contribution in [1.29, 1.82) is 0 Å². The van der Waals surface area contributed by atoms with Crippen molar-refractivity contribution in [3.63, 3.8) is 0 Å². The number of para-hydroxylation sites is 1. The van der Waals surface area contributed by atoms with Gasteiger partial charge in [0.25, 0.3) is 0 Å². The molecular formula is C25H28N2O2. The number of aromatic nitrogens is 1. The van der Waals surface area contributed by atoms with E-state index in [0.29, 0.717) is 18.9 Å². The monoisotopic (exact) mass is 388 g/mol. The SMILES string of the molecule is CCC(=O)N1CCC(Cc2ccc(-c3cnc4ccccc4c3)cc2)C(OC)C1. The van der Waals surface area contributed by atoms with Gasteiger partial charge < -0.3 is 9.64 Å². The van der Waals surface area contributed by atoms with E-state index in [-0.39, 0.29) is 12.0 Å². The number of piperidine rings is 1. The third-order valence-electron chi connectivity index (χ3n) is 6.03. The number of rotatable bonds is 5. The Morgan fingerprint density at radius 3 is 2.69 bits per heavy atom. The van der Waals surface area contributed by atoms with E-state index in [1.807, 2.05) is 36.2 Å². The van der Waals surface area contributed by atoms with Crippen LogP contribution in [0.2, 0.25) is 0 Å². The minimum atomic E-state index is 0.101. The molecule has 4 nitrogen and oxygen atoms in total. The highest BCUT2D eigenvalue weighted by atomic mass is 16.5. The Morgan fingerprint density at radius 1 is 1.14 bits per heavy atom. The van der Waals surface area contributed by atoms with Gasteiger partial charge in [0.15, 0.2) is 0 Å². The maximum atomic E-state index is 12.0. The summed E-state index contributed by atoms with van der Waals surface area (Å²) in [5.41, 5.74) is 4.64. The van der Waals surface area contributed by atoms with Gasteiger partial charge in [-0.1, -0.05) is 49.4 Å². The molecule has 3 aromatic rings. The summed E-state index contributed by atoms with van der Waals surface area (Å²) in [6, 6.07) is 19.2. The summed E-state index contributed by atoms with van der Waals surface area (Å²) in [5, 5.41) is 1.16. The fraction of sp³-hybridized carbons (Fsp3) is 0.360. The Balaban J connectivity index is 1.45. The number of nitrogens with zero attached hydrogens (tertiary/aromatic N) is 2. The van der Waals surface area contributed by atoms with Crippen LogP contribution in [0.5, 0.6) is 0 Å². The number of hydrogen-bond donors (Lipinski definition) is 0. The van der Waals surface area contributed by atoms with E-state index in [4.69, 9.17) is 4.74 Å². The molecule has 0 saturated carbocycles.